The molecule has 38 heavy (non-hydrogen) atoms. The molecule has 4 aromatic rings. The smallest absolute Gasteiger partial charge is 0.321 e. The Bertz CT molecular complexity index is 1450. The van der Waals surface area contributed by atoms with Crippen molar-refractivity contribution in [2.45, 2.75) is 46.5 Å². The number of urea groups is 1. The summed E-state index contributed by atoms with van der Waals surface area (Å²) >= 11 is 1.86. The maximum atomic E-state index is 13.1. The maximum absolute atomic E-state index is 13.1. The van der Waals surface area contributed by atoms with Gasteiger partial charge >= 0.3 is 6.03 Å². The van der Waals surface area contributed by atoms with Gasteiger partial charge in [0.1, 0.15) is 16.5 Å². The van der Waals surface area contributed by atoms with Gasteiger partial charge in [-0.25, -0.2) is 14.8 Å². The number of hydrogen-bond acceptors (Lipinski definition) is 5. The molecule has 2 aromatic heterocycles. The first kappa shape index (κ1) is 24.9. The van der Waals surface area contributed by atoms with Gasteiger partial charge in [0, 0.05) is 43.2 Å². The number of fused-ring (bicyclic) bond motifs is 3. The van der Waals surface area contributed by atoms with Crippen LogP contribution in [-0.4, -0.2) is 47.1 Å². The fraction of sp³-hybridized carbons (Fsp3) is 0.387. The third-order valence-electron chi connectivity index (χ3n) is 7.97. The molecule has 0 saturated carbocycles. The third kappa shape index (κ3) is 4.87. The largest absolute Gasteiger partial charge is 0.352 e. The van der Waals surface area contributed by atoms with Gasteiger partial charge in [-0.15, -0.1) is 11.3 Å². The fourth-order valence-corrected chi connectivity index (χ4v) is 7.17. The van der Waals surface area contributed by atoms with E-state index in [0.717, 1.165) is 71.6 Å². The summed E-state index contributed by atoms with van der Waals surface area (Å²) in [6, 6.07) is 16.5. The minimum absolute atomic E-state index is 0.0263. The molecule has 196 valence electrons. The quantitative estimate of drug-likeness (QED) is 0.336. The number of aryl methyl sites for hydroxylation is 3. The molecule has 0 radical (unpaired) electrons. The van der Waals surface area contributed by atoms with E-state index in [4.69, 9.17) is 9.97 Å². The summed E-state index contributed by atoms with van der Waals surface area (Å²) in [7, 11) is 0. The average Bonchev–Trinajstić information content (AvgIpc) is 3.28. The monoisotopic (exact) mass is 525 g/mol. The normalized spacial score (nSPS) is 17.5. The topological polar surface area (TPSA) is 61.4 Å². The summed E-state index contributed by atoms with van der Waals surface area (Å²) in [5.41, 5.74) is 5.77. The zero-order chi connectivity index (χ0) is 26.2. The summed E-state index contributed by atoms with van der Waals surface area (Å²) in [6.07, 6.45) is 4.18. The van der Waals surface area contributed by atoms with Crippen molar-refractivity contribution < 1.29 is 4.79 Å². The summed E-state index contributed by atoms with van der Waals surface area (Å²) in [5.74, 6) is 2.65. The number of nitrogens with zero attached hydrogens (tertiary/aromatic N) is 4. The maximum Gasteiger partial charge on any atom is 0.321 e. The van der Waals surface area contributed by atoms with E-state index in [2.05, 4.69) is 41.4 Å². The van der Waals surface area contributed by atoms with Gasteiger partial charge in [0.15, 0.2) is 0 Å². The Kier molecular flexibility index (Phi) is 6.78. The predicted octanol–water partition coefficient (Wildman–Crippen LogP) is 6.38. The molecule has 6 nitrogen and oxygen atoms in total. The van der Waals surface area contributed by atoms with Crippen LogP contribution in [0.25, 0.3) is 10.2 Å². The van der Waals surface area contributed by atoms with Gasteiger partial charge in [0.2, 0.25) is 0 Å². The van der Waals surface area contributed by atoms with Gasteiger partial charge < -0.3 is 15.1 Å². The van der Waals surface area contributed by atoms with Gasteiger partial charge in [-0.2, -0.15) is 0 Å². The minimum Gasteiger partial charge on any atom is -0.352 e. The molecule has 2 aromatic carbocycles. The van der Waals surface area contributed by atoms with E-state index in [1.807, 2.05) is 54.3 Å². The van der Waals surface area contributed by atoms with Crippen molar-refractivity contribution in [2.75, 3.05) is 36.4 Å². The number of piperazine rings is 1. The lowest BCUT2D eigenvalue weighted by molar-refractivity contribution is 0.208. The minimum atomic E-state index is -0.0263. The Morgan fingerprint density at radius 2 is 1.74 bits per heavy atom. The molecule has 7 heteroatoms. The standard InChI is InChI=1S/C31H35N5OS/c1-20-12-13-24-25(18-20)38-30-27(24)29(32-26(33-30)19-23-10-5-4-6-11-23)35-14-16-36(17-15-35)31(37)34-28-21(2)8-7-9-22(28)3/h4-11,20H,12-19H2,1-3H3,(H,34,37). The highest BCUT2D eigenvalue weighted by atomic mass is 32.1. The molecule has 1 aliphatic heterocycles. The lowest BCUT2D eigenvalue weighted by atomic mass is 9.89. The van der Waals surface area contributed by atoms with Gasteiger partial charge in [-0.3, -0.25) is 0 Å². The second-order valence-electron chi connectivity index (χ2n) is 10.8. The van der Waals surface area contributed by atoms with E-state index < -0.39 is 0 Å². The van der Waals surface area contributed by atoms with Crippen molar-refractivity contribution >= 4 is 39.1 Å². The third-order valence-corrected chi connectivity index (χ3v) is 9.12. The van der Waals surface area contributed by atoms with Crippen LogP contribution in [0.2, 0.25) is 0 Å². The van der Waals surface area contributed by atoms with E-state index in [9.17, 15) is 4.79 Å². The fourth-order valence-electron chi connectivity index (χ4n) is 5.77. The molecule has 3 heterocycles. The molecule has 6 rings (SSSR count). The molecule has 1 unspecified atom stereocenters. The molecule has 1 atom stereocenters. The number of rotatable bonds is 4. The Hall–Kier alpha value is -3.45. The first-order valence-corrected chi connectivity index (χ1v) is 14.5. The van der Waals surface area contributed by atoms with Crippen LogP contribution < -0.4 is 10.2 Å². The van der Waals surface area contributed by atoms with Crippen LogP contribution in [0.3, 0.4) is 0 Å². The van der Waals surface area contributed by atoms with Crippen LogP contribution in [0.15, 0.2) is 48.5 Å². The number of amides is 2. The van der Waals surface area contributed by atoms with Crippen LogP contribution in [0.1, 0.15) is 46.3 Å². The number of thiophene rings is 1. The van der Waals surface area contributed by atoms with Crippen LogP contribution >= 0.6 is 11.3 Å². The molecular formula is C31H35N5OS. The summed E-state index contributed by atoms with van der Waals surface area (Å²) in [4.78, 5) is 30.3. The number of benzene rings is 2. The van der Waals surface area contributed by atoms with Gasteiger partial charge in [-0.05, 0) is 61.3 Å². The average molecular weight is 526 g/mol. The van der Waals surface area contributed by atoms with Crippen LogP contribution in [0.5, 0.6) is 0 Å². The molecule has 0 spiro atoms. The van der Waals surface area contributed by atoms with E-state index in [1.165, 1.54) is 27.8 Å². The second-order valence-corrected chi connectivity index (χ2v) is 11.9. The number of aromatic nitrogens is 2. The zero-order valence-electron chi connectivity index (χ0n) is 22.5. The Morgan fingerprint density at radius 3 is 2.47 bits per heavy atom. The number of hydrogen-bond donors (Lipinski definition) is 1. The van der Waals surface area contributed by atoms with Gasteiger partial charge in [0.25, 0.3) is 0 Å². The van der Waals surface area contributed by atoms with Crippen LogP contribution in [-0.2, 0) is 19.3 Å². The van der Waals surface area contributed by atoms with E-state index in [1.54, 1.807) is 0 Å². The highest BCUT2D eigenvalue weighted by Crippen LogP contribution is 2.41. The lowest BCUT2D eigenvalue weighted by Crippen LogP contribution is -2.50. The van der Waals surface area contributed by atoms with Crippen molar-refractivity contribution in [3.8, 4) is 0 Å². The number of carbonyl (C=O) groups is 1. The zero-order valence-corrected chi connectivity index (χ0v) is 23.3. The second kappa shape index (κ2) is 10.4. The van der Waals surface area contributed by atoms with Crippen molar-refractivity contribution in [3.63, 3.8) is 0 Å². The Morgan fingerprint density at radius 1 is 1.00 bits per heavy atom. The van der Waals surface area contributed by atoms with E-state index >= 15 is 0 Å². The number of nitrogens with one attached hydrogen (secondary N) is 1. The van der Waals surface area contributed by atoms with Crippen LogP contribution in [0.4, 0.5) is 16.3 Å². The molecule has 1 N–H and O–H groups in total. The Balaban J connectivity index is 1.27. The van der Waals surface area contributed by atoms with Crippen LogP contribution in [0, 0.1) is 19.8 Å². The SMILES string of the molecule is Cc1cccc(C)c1NC(=O)N1CCN(c2nc(Cc3ccccc3)nc3sc4c(c23)CCC(C)C4)CC1. The highest BCUT2D eigenvalue weighted by molar-refractivity contribution is 7.19. The molecule has 1 fully saturated rings. The number of para-hydroxylation sites is 1. The summed E-state index contributed by atoms with van der Waals surface area (Å²) in [6.45, 7) is 9.28. The number of anilines is 2. The van der Waals surface area contributed by atoms with Crippen molar-refractivity contribution in [1.29, 1.82) is 0 Å². The first-order chi connectivity index (χ1) is 18.5. The molecular weight excluding hydrogens is 490 g/mol. The highest BCUT2D eigenvalue weighted by Gasteiger charge is 2.29. The molecule has 2 aliphatic rings. The van der Waals surface area contributed by atoms with Crippen molar-refractivity contribution in [2.24, 2.45) is 5.92 Å². The Labute approximate surface area is 228 Å². The molecule has 1 saturated heterocycles. The lowest BCUT2D eigenvalue weighted by Gasteiger charge is -2.36. The molecule has 2 amide bonds. The molecule has 1 aliphatic carbocycles. The van der Waals surface area contributed by atoms with E-state index in [0.29, 0.717) is 13.1 Å². The predicted molar refractivity (Wildman–Crippen MR) is 157 cm³/mol. The van der Waals surface area contributed by atoms with Gasteiger partial charge in [0.05, 0.1) is 5.39 Å². The van der Waals surface area contributed by atoms with Crippen molar-refractivity contribution in [1.82, 2.24) is 14.9 Å². The summed E-state index contributed by atoms with van der Waals surface area (Å²) < 4.78 is 0. The van der Waals surface area contributed by atoms with Crippen molar-refractivity contribution in [3.05, 3.63) is 81.5 Å². The van der Waals surface area contributed by atoms with Gasteiger partial charge in [-0.1, -0.05) is 55.5 Å². The first-order valence-electron chi connectivity index (χ1n) is 13.7. The molecule has 0 bridgehead atoms. The number of carbonyl (C=O) groups excluding carboxylic acids is 1. The van der Waals surface area contributed by atoms with E-state index in [-0.39, 0.29) is 6.03 Å². The summed E-state index contributed by atoms with van der Waals surface area (Å²) in [5, 5.41) is 4.41.